The highest BCUT2D eigenvalue weighted by atomic mass is 79.9. The Morgan fingerprint density at radius 3 is 2.70 bits per heavy atom. The summed E-state index contributed by atoms with van der Waals surface area (Å²) in [5.41, 5.74) is 1.30. The molecule has 0 spiro atoms. The third-order valence-corrected chi connectivity index (χ3v) is 4.02. The Hall–Kier alpha value is -0.940. The fourth-order valence-corrected chi connectivity index (χ4v) is 2.96. The van der Waals surface area contributed by atoms with E-state index >= 15 is 0 Å². The zero-order valence-electron chi connectivity index (χ0n) is 12.3. The predicted octanol–water partition coefficient (Wildman–Crippen LogP) is 4.64. The molecule has 1 atom stereocenters. The van der Waals surface area contributed by atoms with Gasteiger partial charge in [0.15, 0.2) is 0 Å². The third kappa shape index (κ3) is 4.28. The minimum absolute atomic E-state index is 0.0587. The summed E-state index contributed by atoms with van der Waals surface area (Å²) in [5, 5.41) is 7.76. The van der Waals surface area contributed by atoms with Crippen LogP contribution in [0.25, 0.3) is 0 Å². The van der Waals surface area contributed by atoms with Gasteiger partial charge in [-0.1, -0.05) is 20.8 Å². The number of nitrogens with one attached hydrogen (secondary N) is 1. The molecule has 0 aromatic carbocycles. The van der Waals surface area contributed by atoms with E-state index in [0.29, 0.717) is 6.04 Å². The molecule has 1 unspecified atom stereocenters. The number of aromatic nitrogens is 2. The van der Waals surface area contributed by atoms with E-state index < -0.39 is 0 Å². The molecule has 1 N–H and O–H groups in total. The molecule has 0 fully saturated rings. The lowest BCUT2D eigenvalue weighted by Gasteiger charge is -2.19. The molecule has 0 aliphatic rings. The van der Waals surface area contributed by atoms with Crippen molar-refractivity contribution in [3.63, 3.8) is 0 Å². The van der Waals surface area contributed by atoms with Gasteiger partial charge in [0.1, 0.15) is 16.2 Å². The van der Waals surface area contributed by atoms with Crippen molar-refractivity contribution in [2.24, 2.45) is 0 Å². The molecular formula is C15H20BrN3S. The molecule has 0 saturated carbocycles. The summed E-state index contributed by atoms with van der Waals surface area (Å²) in [5.74, 6) is 1.72. The Morgan fingerprint density at radius 2 is 2.10 bits per heavy atom. The number of hydrogen-bond acceptors (Lipinski definition) is 4. The van der Waals surface area contributed by atoms with Gasteiger partial charge >= 0.3 is 0 Å². The summed E-state index contributed by atoms with van der Waals surface area (Å²) in [6, 6.07) is 4.43. The molecule has 2 heterocycles. The van der Waals surface area contributed by atoms with Crippen LogP contribution in [0.2, 0.25) is 0 Å². The number of rotatable bonds is 4. The molecule has 2 aromatic heterocycles. The monoisotopic (exact) mass is 353 g/mol. The fourth-order valence-electron chi connectivity index (χ4n) is 1.89. The molecule has 108 valence electrons. The minimum Gasteiger partial charge on any atom is -0.367 e. The van der Waals surface area contributed by atoms with E-state index in [9.17, 15) is 0 Å². The lowest BCUT2D eigenvalue weighted by atomic mass is 9.96. The molecule has 0 amide bonds. The van der Waals surface area contributed by atoms with E-state index in [1.54, 1.807) is 11.3 Å². The Labute approximate surface area is 133 Å². The number of anilines is 1. The average Bonchev–Trinajstić information content (AvgIpc) is 2.79. The highest BCUT2D eigenvalue weighted by Crippen LogP contribution is 2.23. The van der Waals surface area contributed by atoms with Crippen molar-refractivity contribution in [2.45, 2.75) is 45.6 Å². The summed E-state index contributed by atoms with van der Waals surface area (Å²) in [4.78, 5) is 9.08. The van der Waals surface area contributed by atoms with Crippen LogP contribution in [-0.2, 0) is 11.8 Å². The zero-order chi connectivity index (χ0) is 14.8. The lowest BCUT2D eigenvalue weighted by Crippen LogP contribution is -2.21. The molecule has 5 heteroatoms. The molecule has 2 aromatic rings. The van der Waals surface area contributed by atoms with Gasteiger partial charge in [0.25, 0.3) is 0 Å². The second kappa shape index (κ2) is 6.22. The second-order valence-corrected chi connectivity index (χ2v) is 7.62. The van der Waals surface area contributed by atoms with Gasteiger partial charge < -0.3 is 5.32 Å². The number of hydrogen-bond donors (Lipinski definition) is 1. The van der Waals surface area contributed by atoms with E-state index in [4.69, 9.17) is 0 Å². The summed E-state index contributed by atoms with van der Waals surface area (Å²) >= 11 is 5.20. The van der Waals surface area contributed by atoms with Crippen LogP contribution in [0.3, 0.4) is 0 Å². The van der Waals surface area contributed by atoms with E-state index in [1.165, 1.54) is 5.56 Å². The minimum atomic E-state index is -0.0587. The lowest BCUT2D eigenvalue weighted by molar-refractivity contribution is 0.543. The van der Waals surface area contributed by atoms with Crippen LogP contribution < -0.4 is 5.32 Å². The van der Waals surface area contributed by atoms with Crippen LogP contribution in [0.5, 0.6) is 0 Å². The molecule has 3 nitrogen and oxygen atoms in total. The molecular weight excluding hydrogens is 334 g/mol. The van der Waals surface area contributed by atoms with Gasteiger partial charge in [-0.25, -0.2) is 9.97 Å². The average molecular weight is 354 g/mol. The predicted molar refractivity (Wildman–Crippen MR) is 89.5 cm³/mol. The topological polar surface area (TPSA) is 37.8 Å². The summed E-state index contributed by atoms with van der Waals surface area (Å²) in [6.07, 6.45) is 0.996. The molecule has 0 bridgehead atoms. The van der Waals surface area contributed by atoms with Crippen molar-refractivity contribution in [2.75, 3.05) is 5.32 Å². The van der Waals surface area contributed by atoms with Gasteiger partial charge in [0.2, 0.25) is 0 Å². The molecule has 20 heavy (non-hydrogen) atoms. The van der Waals surface area contributed by atoms with Crippen molar-refractivity contribution < 1.29 is 0 Å². The summed E-state index contributed by atoms with van der Waals surface area (Å²) in [6.45, 7) is 8.53. The maximum Gasteiger partial charge on any atom is 0.137 e. The second-order valence-electron chi connectivity index (χ2n) is 6.03. The third-order valence-electron chi connectivity index (χ3n) is 2.88. The first-order chi connectivity index (χ1) is 9.34. The Morgan fingerprint density at radius 1 is 1.35 bits per heavy atom. The molecule has 0 saturated heterocycles. The van der Waals surface area contributed by atoms with Gasteiger partial charge in [-0.15, -0.1) is 0 Å². The van der Waals surface area contributed by atoms with Crippen LogP contribution in [0.15, 0.2) is 27.5 Å². The van der Waals surface area contributed by atoms with Gasteiger partial charge in [0, 0.05) is 17.5 Å². The van der Waals surface area contributed by atoms with Crippen LogP contribution in [0.1, 0.15) is 39.1 Å². The summed E-state index contributed by atoms with van der Waals surface area (Å²) < 4.78 is 0.822. The summed E-state index contributed by atoms with van der Waals surface area (Å²) in [7, 11) is 0. The molecule has 2 rings (SSSR count). The largest absolute Gasteiger partial charge is 0.367 e. The normalized spacial score (nSPS) is 13.2. The van der Waals surface area contributed by atoms with Crippen LogP contribution >= 0.6 is 27.3 Å². The Bertz CT molecular complexity index is 561. The SMILES string of the molecule is CC(Cc1ccsc1)Nc1cc(Br)nc(C(C)(C)C)n1. The maximum absolute atomic E-state index is 4.62. The Kier molecular flexibility index (Phi) is 4.81. The fraction of sp³-hybridized carbons (Fsp3) is 0.467. The van der Waals surface area contributed by atoms with Crippen molar-refractivity contribution >= 4 is 33.1 Å². The van der Waals surface area contributed by atoms with Crippen molar-refractivity contribution in [1.82, 2.24) is 9.97 Å². The highest BCUT2D eigenvalue weighted by molar-refractivity contribution is 9.10. The number of nitrogens with zero attached hydrogens (tertiary/aromatic N) is 2. The smallest absolute Gasteiger partial charge is 0.137 e. The molecule has 0 radical (unpaired) electrons. The van der Waals surface area contributed by atoms with Gasteiger partial charge in [-0.3, -0.25) is 0 Å². The van der Waals surface area contributed by atoms with Crippen molar-refractivity contribution in [1.29, 1.82) is 0 Å². The molecule has 0 aliphatic carbocycles. The van der Waals surface area contributed by atoms with Gasteiger partial charge in [-0.05, 0) is 51.7 Å². The van der Waals surface area contributed by atoms with Crippen LogP contribution in [0.4, 0.5) is 5.82 Å². The first-order valence-corrected chi connectivity index (χ1v) is 8.41. The van der Waals surface area contributed by atoms with Crippen molar-refractivity contribution in [3.8, 4) is 0 Å². The quantitative estimate of drug-likeness (QED) is 0.813. The van der Waals surface area contributed by atoms with E-state index in [-0.39, 0.29) is 5.41 Å². The maximum atomic E-state index is 4.62. The number of thiophene rings is 1. The Balaban J connectivity index is 2.11. The molecule has 0 aliphatic heterocycles. The standard InChI is InChI=1S/C15H20BrN3S/c1-10(7-11-5-6-20-9-11)17-13-8-12(16)18-14(19-13)15(2,3)4/h5-6,8-10H,7H2,1-4H3,(H,17,18,19). The van der Waals surface area contributed by atoms with Gasteiger partial charge in [-0.2, -0.15) is 11.3 Å². The first kappa shape index (κ1) is 15.4. The van der Waals surface area contributed by atoms with E-state index in [0.717, 1.165) is 22.7 Å². The first-order valence-electron chi connectivity index (χ1n) is 6.67. The van der Waals surface area contributed by atoms with Gasteiger partial charge in [0.05, 0.1) is 0 Å². The zero-order valence-corrected chi connectivity index (χ0v) is 14.7. The van der Waals surface area contributed by atoms with Crippen molar-refractivity contribution in [3.05, 3.63) is 38.9 Å². The van der Waals surface area contributed by atoms with E-state index in [2.05, 4.69) is 75.7 Å². The van der Waals surface area contributed by atoms with Crippen LogP contribution in [-0.4, -0.2) is 16.0 Å². The number of halogens is 1. The van der Waals surface area contributed by atoms with Crippen LogP contribution in [0, 0.1) is 0 Å². The highest BCUT2D eigenvalue weighted by Gasteiger charge is 2.19. The van der Waals surface area contributed by atoms with E-state index in [1.807, 2.05) is 6.07 Å².